The number of aliphatic hydroxyl groups excluding tert-OH is 1. The first-order valence-electron chi connectivity index (χ1n) is 17.6. The number of nitrogens with one attached hydrogen (secondary N) is 5. The van der Waals surface area contributed by atoms with E-state index in [1.54, 1.807) is 60.7 Å². The number of carboxylic acid groups (broad SMARTS) is 3. The Hall–Kier alpha value is -5.88. The third-order valence-corrected chi connectivity index (χ3v) is 8.28. The third-order valence-electron chi connectivity index (χ3n) is 8.28. The molecule has 2 rings (SSSR count). The van der Waals surface area contributed by atoms with Gasteiger partial charge in [0.05, 0.1) is 18.5 Å². The molecule has 0 aromatic heterocycles. The summed E-state index contributed by atoms with van der Waals surface area (Å²) in [5, 5.41) is 51.0. The zero-order valence-corrected chi connectivity index (χ0v) is 30.8. The van der Waals surface area contributed by atoms with Crippen LogP contribution >= 0.6 is 0 Å². The van der Waals surface area contributed by atoms with E-state index in [-0.39, 0.29) is 18.8 Å². The van der Waals surface area contributed by atoms with Gasteiger partial charge in [0.2, 0.25) is 23.6 Å². The van der Waals surface area contributed by atoms with Crippen LogP contribution < -0.4 is 32.3 Å². The second kappa shape index (κ2) is 22.4. The molecule has 0 bridgehead atoms. The minimum Gasteiger partial charge on any atom is -0.481 e. The molecule has 0 radical (unpaired) electrons. The topological polar surface area (TPSA) is 304 Å². The summed E-state index contributed by atoms with van der Waals surface area (Å²) in [4.78, 5) is 101. The lowest BCUT2D eigenvalue weighted by Gasteiger charge is -2.27. The molecule has 2 aromatic rings. The van der Waals surface area contributed by atoms with E-state index in [9.17, 15) is 58.8 Å². The van der Waals surface area contributed by atoms with E-state index in [4.69, 9.17) is 5.73 Å². The number of carboxylic acids is 3. The molecule has 2 aromatic carbocycles. The van der Waals surface area contributed by atoms with Gasteiger partial charge < -0.3 is 52.7 Å². The maximum atomic E-state index is 13.3. The quantitative estimate of drug-likeness (QED) is 0.0655. The molecule has 7 atom stereocenters. The van der Waals surface area contributed by atoms with Crippen LogP contribution in [0.4, 0.5) is 0 Å². The van der Waals surface area contributed by atoms with Crippen molar-refractivity contribution in [1.29, 1.82) is 0 Å². The molecule has 300 valence electrons. The number of hydrogen-bond donors (Lipinski definition) is 10. The van der Waals surface area contributed by atoms with Crippen LogP contribution in [0.25, 0.3) is 0 Å². The van der Waals surface area contributed by atoms with E-state index in [0.717, 1.165) is 6.92 Å². The summed E-state index contributed by atoms with van der Waals surface area (Å²) in [5.41, 5.74) is 7.21. The summed E-state index contributed by atoms with van der Waals surface area (Å²) >= 11 is 0. The molecule has 0 saturated heterocycles. The first-order chi connectivity index (χ1) is 25.9. The molecular formula is C37H50N6O12. The summed E-state index contributed by atoms with van der Waals surface area (Å²) < 4.78 is 0. The van der Waals surface area contributed by atoms with Crippen LogP contribution in [-0.4, -0.2) is 110 Å². The second-order valence-corrected chi connectivity index (χ2v) is 13.5. The standard InChI is InChI=1S/C37H50N6O12/c1-20(2)16-24(38)33(50)41-26(17-22-10-6-4-7-11-22)31(48)36(53)42-27(19-30(46)47)35(52)39-21(3)32(49)40-25(14-15-29(44)45)34(51)43-28(37(54)55)18-23-12-8-5-9-13-23/h4-13,20-21,24-28,31,48H,14-19,38H2,1-3H3,(H,39,52)(H,40,49)(H,41,50)(H,42,53)(H,43,51)(H,44,45)(H,46,47)(H,54,55)/t21-,24-,25-,26-,27-,28-,31+/m0/s1. The van der Waals surface area contributed by atoms with Crippen molar-refractivity contribution in [2.24, 2.45) is 11.7 Å². The number of benzene rings is 2. The fourth-order valence-electron chi connectivity index (χ4n) is 5.37. The van der Waals surface area contributed by atoms with Crippen LogP contribution in [0.15, 0.2) is 60.7 Å². The first kappa shape index (κ1) is 45.3. The Morgan fingerprint density at radius 1 is 0.600 bits per heavy atom. The van der Waals surface area contributed by atoms with E-state index < -0.39 is 109 Å². The van der Waals surface area contributed by atoms with E-state index >= 15 is 0 Å². The summed E-state index contributed by atoms with van der Waals surface area (Å²) in [6, 6.07) is 8.30. The van der Waals surface area contributed by atoms with Gasteiger partial charge in [-0.05, 0) is 43.2 Å². The van der Waals surface area contributed by atoms with Gasteiger partial charge >= 0.3 is 17.9 Å². The van der Waals surface area contributed by atoms with Gasteiger partial charge in [-0.1, -0.05) is 74.5 Å². The Balaban J connectivity index is 2.19. The normalized spacial score (nSPS) is 14.8. The molecule has 11 N–H and O–H groups in total. The molecule has 5 amide bonds. The molecule has 0 unspecified atom stereocenters. The zero-order valence-electron chi connectivity index (χ0n) is 30.8. The highest BCUT2D eigenvalue weighted by Gasteiger charge is 2.34. The number of aliphatic carboxylic acids is 3. The Bertz CT molecular complexity index is 1640. The summed E-state index contributed by atoms with van der Waals surface area (Å²) in [6.07, 6.45) is -3.89. The van der Waals surface area contributed by atoms with Crippen molar-refractivity contribution < 1.29 is 58.8 Å². The van der Waals surface area contributed by atoms with Crippen LogP contribution in [0, 0.1) is 5.92 Å². The highest BCUT2D eigenvalue weighted by molar-refractivity contribution is 5.96. The summed E-state index contributed by atoms with van der Waals surface area (Å²) in [6.45, 7) is 4.87. The SMILES string of the molecule is CC(C)C[C@H](N)C(=O)N[C@@H](Cc1ccccc1)[C@@H](O)C(=O)N[C@@H](CC(=O)O)C(=O)N[C@@H](C)C(=O)N[C@@H](CCC(=O)O)C(=O)N[C@@H](Cc1ccccc1)C(=O)O. The number of carbonyl (C=O) groups excluding carboxylic acids is 5. The minimum absolute atomic E-state index is 0.0430. The molecular weight excluding hydrogens is 720 g/mol. The van der Waals surface area contributed by atoms with Crippen molar-refractivity contribution in [3.05, 3.63) is 71.8 Å². The Labute approximate surface area is 317 Å². The van der Waals surface area contributed by atoms with Gasteiger partial charge in [0.1, 0.15) is 24.2 Å². The Morgan fingerprint density at radius 2 is 1.11 bits per heavy atom. The second-order valence-electron chi connectivity index (χ2n) is 13.5. The maximum Gasteiger partial charge on any atom is 0.326 e. The smallest absolute Gasteiger partial charge is 0.326 e. The molecule has 55 heavy (non-hydrogen) atoms. The van der Waals surface area contributed by atoms with Crippen molar-refractivity contribution in [2.75, 3.05) is 0 Å². The van der Waals surface area contributed by atoms with Gasteiger partial charge in [0.25, 0.3) is 5.91 Å². The van der Waals surface area contributed by atoms with Gasteiger partial charge in [0.15, 0.2) is 6.10 Å². The van der Waals surface area contributed by atoms with Gasteiger partial charge in [-0.3, -0.25) is 33.6 Å². The molecule has 0 heterocycles. The predicted octanol–water partition coefficient (Wildman–Crippen LogP) is -0.926. The maximum absolute atomic E-state index is 13.3. The fraction of sp³-hybridized carbons (Fsp3) is 0.459. The van der Waals surface area contributed by atoms with Crippen LogP contribution in [0.3, 0.4) is 0 Å². The minimum atomic E-state index is -2.00. The van der Waals surface area contributed by atoms with Crippen LogP contribution in [0.5, 0.6) is 0 Å². The molecule has 0 aliphatic carbocycles. The van der Waals surface area contributed by atoms with Gasteiger partial charge in [-0.15, -0.1) is 0 Å². The first-order valence-corrected chi connectivity index (χ1v) is 17.6. The summed E-state index contributed by atoms with van der Waals surface area (Å²) in [7, 11) is 0. The monoisotopic (exact) mass is 770 g/mol. The molecule has 18 nitrogen and oxygen atoms in total. The van der Waals surface area contributed by atoms with Crippen molar-refractivity contribution >= 4 is 47.4 Å². The van der Waals surface area contributed by atoms with E-state index in [0.29, 0.717) is 17.5 Å². The van der Waals surface area contributed by atoms with Crippen molar-refractivity contribution in [2.45, 2.75) is 102 Å². The molecule has 0 aliphatic heterocycles. The van der Waals surface area contributed by atoms with E-state index in [2.05, 4.69) is 26.6 Å². The fourth-order valence-corrected chi connectivity index (χ4v) is 5.37. The molecule has 0 fully saturated rings. The Morgan fingerprint density at radius 3 is 1.62 bits per heavy atom. The molecule has 0 saturated carbocycles. The average Bonchev–Trinajstić information content (AvgIpc) is 3.12. The lowest BCUT2D eigenvalue weighted by molar-refractivity contribution is -0.143. The number of hydrogen-bond acceptors (Lipinski definition) is 10. The highest BCUT2D eigenvalue weighted by atomic mass is 16.4. The largest absolute Gasteiger partial charge is 0.481 e. The number of rotatable bonds is 23. The van der Waals surface area contributed by atoms with Crippen LogP contribution in [0.1, 0.15) is 57.6 Å². The van der Waals surface area contributed by atoms with Crippen molar-refractivity contribution in [1.82, 2.24) is 26.6 Å². The molecule has 18 heteroatoms. The molecule has 0 aliphatic rings. The third kappa shape index (κ3) is 16.4. The van der Waals surface area contributed by atoms with Crippen molar-refractivity contribution in [3.8, 4) is 0 Å². The predicted molar refractivity (Wildman–Crippen MR) is 196 cm³/mol. The molecule has 0 spiro atoms. The average molecular weight is 771 g/mol. The van der Waals surface area contributed by atoms with Crippen molar-refractivity contribution in [3.63, 3.8) is 0 Å². The van der Waals surface area contributed by atoms with Crippen LogP contribution in [-0.2, 0) is 51.2 Å². The van der Waals surface area contributed by atoms with Gasteiger partial charge in [0, 0.05) is 12.8 Å². The number of amides is 5. The van der Waals surface area contributed by atoms with Crippen LogP contribution in [0.2, 0.25) is 0 Å². The lowest BCUT2D eigenvalue weighted by atomic mass is 9.98. The highest BCUT2D eigenvalue weighted by Crippen LogP contribution is 2.11. The summed E-state index contributed by atoms with van der Waals surface area (Å²) in [5.74, 6) is -9.25. The zero-order chi connectivity index (χ0) is 41.2. The van der Waals surface area contributed by atoms with E-state index in [1.807, 2.05) is 13.8 Å². The number of carbonyl (C=O) groups is 8. The van der Waals surface area contributed by atoms with Gasteiger partial charge in [-0.25, -0.2) is 4.79 Å². The number of aliphatic hydroxyl groups is 1. The Kier molecular flexibility index (Phi) is 18.4. The lowest BCUT2D eigenvalue weighted by Crippen LogP contribution is -2.59. The van der Waals surface area contributed by atoms with Gasteiger partial charge in [-0.2, -0.15) is 0 Å². The van der Waals surface area contributed by atoms with E-state index in [1.165, 1.54) is 0 Å². The number of nitrogens with two attached hydrogens (primary N) is 1.